The zero-order valence-corrected chi connectivity index (χ0v) is 11.1. The molecule has 0 atom stereocenters. The first-order chi connectivity index (χ1) is 6.47. The first-order valence-electron chi connectivity index (χ1n) is 3.92. The van der Waals surface area contributed by atoms with Gasteiger partial charge < -0.3 is 0 Å². The molecule has 0 unspecified atom stereocenters. The normalized spacial score (nSPS) is 11.6. The highest BCUT2D eigenvalue weighted by atomic mass is 127. The molecule has 0 amide bonds. The van der Waals surface area contributed by atoms with Crippen molar-refractivity contribution in [1.29, 1.82) is 0 Å². The summed E-state index contributed by atoms with van der Waals surface area (Å²) >= 11 is 7.90. The second kappa shape index (κ2) is 4.78. The highest BCUT2D eigenvalue weighted by molar-refractivity contribution is 14.1. The molecule has 0 heterocycles. The van der Waals surface area contributed by atoms with E-state index in [1.54, 1.807) is 19.1 Å². The largest absolute Gasteiger partial charge is 0.242 e. The Morgan fingerprint density at radius 3 is 2.64 bits per heavy atom. The molecule has 0 bridgehead atoms. The lowest BCUT2D eigenvalue weighted by molar-refractivity contribution is 0.584. The number of benzene rings is 1. The third kappa shape index (κ3) is 2.82. The smallest absolute Gasteiger partial charge is 0.211 e. The van der Waals surface area contributed by atoms with Gasteiger partial charge in [-0.3, -0.25) is 0 Å². The van der Waals surface area contributed by atoms with Crippen molar-refractivity contribution >= 4 is 44.2 Å². The van der Waals surface area contributed by atoms with Crippen LogP contribution in [-0.4, -0.2) is 15.0 Å². The van der Waals surface area contributed by atoms with Gasteiger partial charge in [-0.1, -0.05) is 18.5 Å². The summed E-state index contributed by atoms with van der Waals surface area (Å²) in [7, 11) is -3.44. The summed E-state index contributed by atoms with van der Waals surface area (Å²) in [5.74, 6) is 0. The quantitative estimate of drug-likeness (QED) is 0.854. The van der Waals surface area contributed by atoms with Crippen LogP contribution in [0.15, 0.2) is 23.1 Å². The molecule has 0 aliphatic carbocycles. The Kier molecular flexibility index (Phi) is 4.17. The topological polar surface area (TPSA) is 46.2 Å². The lowest BCUT2D eigenvalue weighted by Crippen LogP contribution is -2.23. The molecule has 6 heteroatoms. The van der Waals surface area contributed by atoms with Crippen molar-refractivity contribution in [2.24, 2.45) is 0 Å². The maximum absolute atomic E-state index is 11.6. The summed E-state index contributed by atoms with van der Waals surface area (Å²) in [6.07, 6.45) is 0. The van der Waals surface area contributed by atoms with Gasteiger partial charge in [-0.15, -0.1) is 0 Å². The van der Waals surface area contributed by atoms with Crippen molar-refractivity contribution in [3.05, 3.63) is 26.8 Å². The van der Waals surface area contributed by atoms with E-state index in [9.17, 15) is 8.42 Å². The molecule has 0 spiro atoms. The summed E-state index contributed by atoms with van der Waals surface area (Å²) in [5.41, 5.74) is 0. The van der Waals surface area contributed by atoms with E-state index in [1.807, 2.05) is 0 Å². The van der Waals surface area contributed by atoms with E-state index in [4.69, 9.17) is 11.6 Å². The molecule has 3 nitrogen and oxygen atoms in total. The maximum Gasteiger partial charge on any atom is 0.242 e. The van der Waals surface area contributed by atoms with Gasteiger partial charge in [0.15, 0.2) is 0 Å². The number of hydrogen-bond donors (Lipinski definition) is 1. The molecule has 0 aliphatic rings. The minimum atomic E-state index is -3.44. The van der Waals surface area contributed by atoms with E-state index in [1.165, 1.54) is 6.07 Å². The minimum absolute atomic E-state index is 0.126. The maximum atomic E-state index is 11.6. The van der Waals surface area contributed by atoms with Crippen LogP contribution in [0, 0.1) is 3.57 Å². The second-order valence-corrected chi connectivity index (χ2v) is 5.96. The lowest BCUT2D eigenvalue weighted by atomic mass is 10.4. The van der Waals surface area contributed by atoms with E-state index in [-0.39, 0.29) is 9.92 Å². The van der Waals surface area contributed by atoms with Crippen LogP contribution in [0.2, 0.25) is 5.02 Å². The number of hydrogen-bond acceptors (Lipinski definition) is 2. The molecule has 1 rings (SSSR count). The average Bonchev–Trinajstić information content (AvgIpc) is 2.02. The van der Waals surface area contributed by atoms with Crippen LogP contribution in [0.1, 0.15) is 6.92 Å². The molecule has 0 saturated heterocycles. The molecule has 0 radical (unpaired) electrons. The summed E-state index contributed by atoms with van der Waals surface area (Å²) in [5, 5.41) is 0.248. The minimum Gasteiger partial charge on any atom is -0.211 e. The monoisotopic (exact) mass is 345 g/mol. The highest BCUT2D eigenvalue weighted by Crippen LogP contribution is 2.23. The fourth-order valence-electron chi connectivity index (χ4n) is 0.961. The summed E-state index contributed by atoms with van der Waals surface area (Å²) < 4.78 is 26.4. The Labute approximate surface area is 102 Å². The number of nitrogens with one attached hydrogen (secondary N) is 1. The van der Waals surface area contributed by atoms with Gasteiger partial charge in [-0.05, 0) is 40.8 Å². The van der Waals surface area contributed by atoms with Crippen molar-refractivity contribution in [1.82, 2.24) is 4.72 Å². The van der Waals surface area contributed by atoms with Crippen LogP contribution < -0.4 is 4.72 Å². The molecule has 0 aromatic heterocycles. The van der Waals surface area contributed by atoms with Gasteiger partial charge in [0.25, 0.3) is 0 Å². The van der Waals surface area contributed by atoms with Crippen molar-refractivity contribution < 1.29 is 8.42 Å². The molecule has 1 aromatic carbocycles. The Hall–Kier alpha value is 0.150. The van der Waals surface area contributed by atoms with Crippen molar-refractivity contribution in [2.75, 3.05) is 6.54 Å². The van der Waals surface area contributed by atoms with Gasteiger partial charge in [0.1, 0.15) is 4.90 Å². The van der Waals surface area contributed by atoms with Crippen LogP contribution >= 0.6 is 34.2 Å². The number of sulfonamides is 1. The molecule has 14 heavy (non-hydrogen) atoms. The summed E-state index contributed by atoms with van der Waals surface area (Å²) in [6.45, 7) is 2.07. The highest BCUT2D eigenvalue weighted by Gasteiger charge is 2.16. The molecular weight excluding hydrogens is 337 g/mol. The Morgan fingerprint density at radius 2 is 2.14 bits per heavy atom. The van der Waals surface area contributed by atoms with E-state index in [0.717, 1.165) is 3.57 Å². The predicted octanol–water partition coefficient (Wildman–Crippen LogP) is 2.24. The van der Waals surface area contributed by atoms with E-state index >= 15 is 0 Å². The standard InChI is InChI=1S/C8H9ClINO2S/c1-2-11-14(12,13)8-4-3-6(10)5-7(8)9/h3-5,11H,2H2,1H3. The van der Waals surface area contributed by atoms with Crippen LogP contribution in [-0.2, 0) is 10.0 Å². The van der Waals surface area contributed by atoms with E-state index in [2.05, 4.69) is 27.3 Å². The van der Waals surface area contributed by atoms with Gasteiger partial charge in [-0.25, -0.2) is 13.1 Å². The van der Waals surface area contributed by atoms with Gasteiger partial charge in [-0.2, -0.15) is 0 Å². The Balaban J connectivity index is 3.20. The van der Waals surface area contributed by atoms with Gasteiger partial charge >= 0.3 is 0 Å². The SMILES string of the molecule is CCNS(=O)(=O)c1ccc(I)cc1Cl. The third-order valence-electron chi connectivity index (χ3n) is 1.52. The van der Waals surface area contributed by atoms with E-state index in [0.29, 0.717) is 6.54 Å². The average molecular weight is 346 g/mol. The molecule has 78 valence electrons. The summed E-state index contributed by atoms with van der Waals surface area (Å²) in [4.78, 5) is 0.126. The zero-order valence-electron chi connectivity index (χ0n) is 7.42. The molecule has 0 fully saturated rings. The Morgan fingerprint density at radius 1 is 1.50 bits per heavy atom. The molecule has 1 aromatic rings. The first kappa shape index (κ1) is 12.2. The predicted molar refractivity (Wildman–Crippen MR) is 65.0 cm³/mol. The summed E-state index contributed by atoms with van der Waals surface area (Å²) in [6, 6.07) is 4.82. The van der Waals surface area contributed by atoms with E-state index < -0.39 is 10.0 Å². The molecular formula is C8H9ClINO2S. The van der Waals surface area contributed by atoms with Crippen LogP contribution in [0.3, 0.4) is 0 Å². The van der Waals surface area contributed by atoms with Crippen LogP contribution in [0.25, 0.3) is 0 Å². The second-order valence-electron chi connectivity index (χ2n) is 2.58. The van der Waals surface area contributed by atoms with Gasteiger partial charge in [0.2, 0.25) is 10.0 Å². The number of halogens is 2. The zero-order chi connectivity index (χ0) is 10.8. The van der Waals surface area contributed by atoms with Gasteiger partial charge in [0, 0.05) is 10.1 Å². The molecule has 0 saturated carbocycles. The Bertz CT molecular complexity index is 433. The van der Waals surface area contributed by atoms with Crippen molar-refractivity contribution in [3.8, 4) is 0 Å². The lowest BCUT2D eigenvalue weighted by Gasteiger charge is -2.06. The fourth-order valence-corrected chi connectivity index (χ4v) is 3.22. The van der Waals surface area contributed by atoms with Crippen molar-refractivity contribution in [3.63, 3.8) is 0 Å². The fraction of sp³-hybridized carbons (Fsp3) is 0.250. The molecule has 0 aliphatic heterocycles. The first-order valence-corrected chi connectivity index (χ1v) is 6.86. The van der Waals surface area contributed by atoms with Crippen LogP contribution in [0.4, 0.5) is 0 Å². The number of rotatable bonds is 3. The van der Waals surface area contributed by atoms with Crippen molar-refractivity contribution in [2.45, 2.75) is 11.8 Å². The third-order valence-corrected chi connectivity index (χ3v) is 4.22. The van der Waals surface area contributed by atoms with Gasteiger partial charge in [0.05, 0.1) is 5.02 Å². The molecule has 1 N–H and O–H groups in total. The van der Waals surface area contributed by atoms with Crippen LogP contribution in [0.5, 0.6) is 0 Å².